The molecule has 0 radical (unpaired) electrons. The van der Waals surface area contributed by atoms with Crippen LogP contribution < -0.4 is 0 Å². The third kappa shape index (κ3) is 119. The molecule has 0 saturated carbocycles. The fourth-order valence-corrected chi connectivity index (χ4v) is 0. The van der Waals surface area contributed by atoms with E-state index >= 15 is 0 Å². The molecular formula is H18Bi3Ga3N4Ti3. The van der Waals surface area contributed by atoms with Crippen molar-refractivity contribution in [3.63, 3.8) is 0 Å². The second-order valence-corrected chi connectivity index (χ2v) is 0. The first-order valence-corrected chi connectivity index (χ1v) is 0. The summed E-state index contributed by atoms with van der Waals surface area (Å²) in [6.45, 7) is 0. The van der Waals surface area contributed by atoms with E-state index in [0.29, 0.717) is 0 Å². The maximum absolute atomic E-state index is 0. The Morgan fingerprint density at radius 2 is 0.308 bits per heavy atom. The van der Waals surface area contributed by atoms with Crippen molar-refractivity contribution in [3.8, 4) is 0 Å². The van der Waals surface area contributed by atoms with Crippen molar-refractivity contribution in [1.82, 2.24) is 0 Å². The van der Waals surface area contributed by atoms with Crippen molar-refractivity contribution < 1.29 is 65.2 Å². The zero-order valence-corrected chi connectivity index (χ0v) is 26.6. The average Bonchev–Trinajstić information content (AvgIpc) is 0. The molecule has 0 aliphatic carbocycles. The maximum atomic E-state index is 0. The number of hydrogen-bond donors (Lipinski definition) is 0. The Balaban J connectivity index is 0. The molecule has 0 rings (SSSR count). The quantitative estimate of drug-likeness (QED) is 0.215. The van der Waals surface area contributed by atoms with Gasteiger partial charge in [-0.3, -0.25) is 0 Å². The van der Waals surface area contributed by atoms with Crippen molar-refractivity contribution in [2.45, 2.75) is 0 Å². The minimum absolute atomic E-state index is 0. The number of rotatable bonds is 0. The third-order valence-corrected chi connectivity index (χ3v) is 0. The summed E-state index contributed by atoms with van der Waals surface area (Å²) >= 11 is 0. The SMILES string of the molecule is [BiH3].[BiH3].[BiH3].[GaH3].[GaH3].[GaH3].[N-3].[N-3].[N-3].[N-3].[Ti+4].[Ti+4].[Ti+4]. The largest absolute Gasteiger partial charge is 4.00 e. The van der Waals surface area contributed by atoms with Gasteiger partial charge in [-0.2, -0.15) is 0 Å². The molecule has 0 spiro atoms. The van der Waals surface area contributed by atoms with Crippen LogP contribution in [0.5, 0.6) is 0 Å². The second kappa shape index (κ2) is 133. The molecule has 13 heavy (non-hydrogen) atoms. The van der Waals surface area contributed by atoms with E-state index < -0.39 is 0 Å². The van der Waals surface area contributed by atoms with Crippen LogP contribution in [0.3, 0.4) is 0 Å². The predicted octanol–water partition coefficient (Wildman–Crippen LogP) is -5.96. The van der Waals surface area contributed by atoms with Crippen molar-refractivity contribution in [3.05, 3.63) is 24.6 Å². The van der Waals surface area contributed by atoms with E-state index in [-0.39, 0.29) is 228 Å². The van der Waals surface area contributed by atoms with E-state index in [1.54, 1.807) is 0 Å². The Bertz CT molecular complexity index is 25.8. The number of hydrogen-bond acceptors (Lipinski definition) is 0. The van der Waals surface area contributed by atoms with Crippen LogP contribution in [0, 0.1) is 0 Å². The zero-order chi connectivity index (χ0) is 0. The van der Waals surface area contributed by atoms with Crippen LogP contribution in [0.25, 0.3) is 24.6 Å². The van der Waals surface area contributed by atoms with Gasteiger partial charge in [0.2, 0.25) is 0 Å². The molecule has 0 aliphatic rings. The second-order valence-electron chi connectivity index (χ2n) is 0. The Hall–Kier alpha value is 6.54. The fourth-order valence-electron chi connectivity index (χ4n) is 0. The van der Waals surface area contributed by atoms with E-state index in [4.69, 9.17) is 0 Å². The predicted molar refractivity (Wildman–Crippen MR) is 73.1 cm³/mol. The normalized spacial score (nSPS) is 0. The molecule has 0 aromatic rings. The molecule has 0 saturated heterocycles. The summed E-state index contributed by atoms with van der Waals surface area (Å²) in [7, 11) is 0. The van der Waals surface area contributed by atoms with Gasteiger partial charge in [-0.25, -0.2) is 0 Å². The smallest absolute Gasteiger partial charge is 3.00 e. The van der Waals surface area contributed by atoms with Crippen LogP contribution in [0.1, 0.15) is 0 Å². The molecule has 0 heterocycles. The summed E-state index contributed by atoms with van der Waals surface area (Å²) in [5.74, 6) is 0. The van der Waals surface area contributed by atoms with Crippen LogP contribution >= 0.6 is 0 Å². The molecule has 0 aliphatic heterocycles. The van der Waals surface area contributed by atoms with Crippen LogP contribution in [0.2, 0.25) is 0 Å². The molecule has 0 amide bonds. The van der Waals surface area contributed by atoms with Gasteiger partial charge in [0.1, 0.15) is 0 Å². The molecule has 0 aromatic carbocycles. The molecule has 13 heteroatoms. The first-order chi connectivity index (χ1) is 0. The molecule has 0 bridgehead atoms. The van der Waals surface area contributed by atoms with Crippen LogP contribution in [0.15, 0.2) is 0 Å². The van der Waals surface area contributed by atoms with Crippen LogP contribution in [-0.2, 0) is 65.2 Å². The van der Waals surface area contributed by atoms with Gasteiger partial charge in [0.25, 0.3) is 0 Å². The van der Waals surface area contributed by atoms with Gasteiger partial charge in [0.05, 0.1) is 0 Å². The number of nitrogens with zero attached hydrogens (tertiary/aromatic N) is 4. The summed E-state index contributed by atoms with van der Waals surface area (Å²) < 4.78 is 0. The summed E-state index contributed by atoms with van der Waals surface area (Å²) in [5.41, 5.74) is 0. The third-order valence-electron chi connectivity index (χ3n) is 0. The van der Waals surface area contributed by atoms with Crippen LogP contribution in [-0.4, -0.2) is 138 Å². The van der Waals surface area contributed by atoms with Crippen molar-refractivity contribution in [2.24, 2.45) is 0 Å². The average molecular weight is 1050 g/mol. The molecule has 74 valence electrons. The monoisotopic (exact) mass is 1050 g/mol. The van der Waals surface area contributed by atoms with Crippen LogP contribution in [0.4, 0.5) is 0 Å². The molecular weight excluding hydrogens is 1040 g/mol. The maximum Gasteiger partial charge on any atom is 4.00 e. The molecule has 0 fully saturated rings. The fraction of sp³-hybridized carbons (Fsp3) is 0. The summed E-state index contributed by atoms with van der Waals surface area (Å²) in [5, 5.41) is 0. The Morgan fingerprint density at radius 3 is 0.308 bits per heavy atom. The van der Waals surface area contributed by atoms with Crippen molar-refractivity contribution in [2.75, 3.05) is 0 Å². The van der Waals surface area contributed by atoms with Gasteiger partial charge in [-0.1, -0.05) is 0 Å². The molecule has 0 aromatic heterocycles. The standard InChI is InChI=1S/3Bi.3Ga.4N.3Ti.18H/q;;;;;;4*-3;3*+4;;;;;;;;;;;;;;;;;;. The Kier molecular flexibility index (Phi) is 1610. The minimum atomic E-state index is 0. The molecule has 0 atom stereocenters. The van der Waals surface area contributed by atoms with E-state index in [2.05, 4.69) is 0 Å². The van der Waals surface area contributed by atoms with Gasteiger partial charge in [0, 0.05) is 0 Å². The summed E-state index contributed by atoms with van der Waals surface area (Å²) in [4.78, 5) is 0. The van der Waals surface area contributed by atoms with Gasteiger partial charge in [0.15, 0.2) is 0 Å². The van der Waals surface area contributed by atoms with E-state index in [0.717, 1.165) is 0 Å². The Labute approximate surface area is 222 Å². The first-order valence-electron chi connectivity index (χ1n) is 0. The first kappa shape index (κ1) is 157. The molecule has 0 unspecified atom stereocenters. The van der Waals surface area contributed by atoms with Gasteiger partial charge >= 0.3 is 203 Å². The zero-order valence-electron chi connectivity index (χ0n) is 5.41. The molecule has 4 nitrogen and oxygen atoms in total. The topological polar surface area (TPSA) is 122 Å². The van der Waals surface area contributed by atoms with Gasteiger partial charge < -0.3 is 24.6 Å². The van der Waals surface area contributed by atoms with E-state index in [1.807, 2.05) is 0 Å². The van der Waals surface area contributed by atoms with Gasteiger partial charge in [-0.05, 0) is 0 Å². The summed E-state index contributed by atoms with van der Waals surface area (Å²) in [6, 6.07) is 0. The van der Waals surface area contributed by atoms with E-state index in [9.17, 15) is 0 Å². The van der Waals surface area contributed by atoms with Crippen molar-refractivity contribution in [1.29, 1.82) is 0 Å². The van der Waals surface area contributed by atoms with Crippen molar-refractivity contribution >= 4 is 138 Å². The summed E-state index contributed by atoms with van der Waals surface area (Å²) in [6.07, 6.45) is 0. The Morgan fingerprint density at radius 1 is 0.308 bits per heavy atom. The molecule has 0 N–H and O–H groups in total. The van der Waals surface area contributed by atoms with E-state index in [1.165, 1.54) is 0 Å². The van der Waals surface area contributed by atoms with Gasteiger partial charge in [-0.15, -0.1) is 0 Å². The minimum Gasteiger partial charge on any atom is -3.00 e.